The highest BCUT2D eigenvalue weighted by atomic mass is 32.1. The van der Waals surface area contributed by atoms with Gasteiger partial charge in [0.2, 0.25) is 11.8 Å². The number of hydrogen-bond acceptors (Lipinski definition) is 6. The second kappa shape index (κ2) is 6.97. The molecule has 4 rings (SSSR count). The van der Waals surface area contributed by atoms with Gasteiger partial charge < -0.3 is 20.8 Å². The summed E-state index contributed by atoms with van der Waals surface area (Å²) in [6.07, 6.45) is 0.0138. The molecule has 1 spiro atoms. The van der Waals surface area contributed by atoms with Crippen LogP contribution < -0.4 is 10.6 Å². The van der Waals surface area contributed by atoms with Crippen LogP contribution in [0.3, 0.4) is 0 Å². The number of benzene rings is 2. The highest BCUT2D eigenvalue weighted by Crippen LogP contribution is 2.55. The number of phenolic OH excluding ortho intramolecular Hbond substituents is 2. The van der Waals surface area contributed by atoms with Crippen LogP contribution in [0.1, 0.15) is 35.8 Å². The molecule has 29 heavy (non-hydrogen) atoms. The minimum atomic E-state index is -1.61. The lowest BCUT2D eigenvalue weighted by Gasteiger charge is -2.48. The van der Waals surface area contributed by atoms with Crippen LogP contribution in [0.4, 0.5) is 0 Å². The largest absolute Gasteiger partial charge is 0.508 e. The first-order valence-corrected chi connectivity index (χ1v) is 9.49. The number of thiocarbonyl (C=S) groups is 1. The highest BCUT2D eigenvalue weighted by molar-refractivity contribution is 7.80. The Kier molecular flexibility index (Phi) is 4.58. The normalized spacial score (nSPS) is 23.6. The minimum Gasteiger partial charge on any atom is -0.508 e. The van der Waals surface area contributed by atoms with Gasteiger partial charge in [-0.2, -0.15) is 0 Å². The number of rotatable bonds is 2. The van der Waals surface area contributed by atoms with Gasteiger partial charge in [0.15, 0.2) is 5.11 Å². The van der Waals surface area contributed by atoms with E-state index in [0.717, 1.165) is 0 Å². The van der Waals surface area contributed by atoms with E-state index in [1.54, 1.807) is 24.3 Å². The van der Waals surface area contributed by atoms with Crippen LogP contribution in [-0.4, -0.2) is 32.9 Å². The minimum absolute atomic E-state index is 0.00691. The fraction of sp³-hybridized carbons (Fsp3) is 0.238. The zero-order chi connectivity index (χ0) is 20.8. The maximum absolute atomic E-state index is 13.3. The van der Waals surface area contributed by atoms with Gasteiger partial charge in [0, 0.05) is 24.7 Å². The van der Waals surface area contributed by atoms with Gasteiger partial charge in [0.05, 0.1) is 0 Å². The molecule has 2 aromatic carbocycles. The van der Waals surface area contributed by atoms with Crippen LogP contribution in [0, 0.1) is 5.41 Å². The number of aromatic hydroxyl groups is 2. The molecule has 4 N–H and O–H groups in total. The smallest absolute Gasteiger partial charge is 0.243 e. The summed E-state index contributed by atoms with van der Waals surface area (Å²) in [4.78, 5) is 39.3. The number of amides is 2. The Bertz CT molecular complexity index is 937. The Labute approximate surface area is 171 Å². The van der Waals surface area contributed by atoms with Gasteiger partial charge in [-0.05, 0) is 47.6 Å². The second-order valence-corrected chi connectivity index (χ2v) is 7.75. The monoisotopic (exact) mass is 410 g/mol. The number of ketones is 1. The van der Waals surface area contributed by atoms with Crippen LogP contribution in [0.25, 0.3) is 0 Å². The number of phenols is 2. The fourth-order valence-corrected chi connectivity index (χ4v) is 4.64. The van der Waals surface area contributed by atoms with E-state index >= 15 is 0 Å². The summed E-state index contributed by atoms with van der Waals surface area (Å²) < 4.78 is 0. The first kappa shape index (κ1) is 19.1. The van der Waals surface area contributed by atoms with Gasteiger partial charge in [-0.1, -0.05) is 24.3 Å². The van der Waals surface area contributed by atoms with E-state index in [4.69, 9.17) is 12.2 Å². The average Bonchev–Trinajstić information content (AvgIpc) is 2.67. The molecular formula is C21H18N2O5S. The van der Waals surface area contributed by atoms with Crippen molar-refractivity contribution in [1.29, 1.82) is 0 Å². The van der Waals surface area contributed by atoms with Crippen molar-refractivity contribution in [3.63, 3.8) is 0 Å². The maximum Gasteiger partial charge on any atom is 0.243 e. The molecule has 1 aliphatic heterocycles. The van der Waals surface area contributed by atoms with Gasteiger partial charge in [-0.3, -0.25) is 14.4 Å². The summed E-state index contributed by atoms with van der Waals surface area (Å²) in [6.45, 7) is 0. The predicted octanol–water partition coefficient (Wildman–Crippen LogP) is 1.85. The van der Waals surface area contributed by atoms with E-state index in [-0.39, 0.29) is 35.2 Å². The third-order valence-corrected chi connectivity index (χ3v) is 5.96. The van der Waals surface area contributed by atoms with Crippen molar-refractivity contribution in [3.05, 3.63) is 59.7 Å². The average molecular weight is 410 g/mol. The van der Waals surface area contributed by atoms with Crippen molar-refractivity contribution < 1.29 is 24.6 Å². The molecule has 0 bridgehead atoms. The van der Waals surface area contributed by atoms with Crippen LogP contribution in [-0.2, 0) is 14.4 Å². The molecule has 0 radical (unpaired) electrons. The molecule has 8 heteroatoms. The third kappa shape index (κ3) is 3.05. The number of carbonyl (C=O) groups excluding carboxylic acids is 3. The van der Waals surface area contributed by atoms with Crippen LogP contribution in [0.2, 0.25) is 0 Å². The van der Waals surface area contributed by atoms with Gasteiger partial charge in [0.1, 0.15) is 22.7 Å². The number of hydrogen-bond donors (Lipinski definition) is 4. The summed E-state index contributed by atoms with van der Waals surface area (Å²) >= 11 is 4.98. The Morgan fingerprint density at radius 2 is 1.14 bits per heavy atom. The van der Waals surface area contributed by atoms with E-state index in [2.05, 4.69) is 10.6 Å². The lowest BCUT2D eigenvalue weighted by Crippen LogP contribution is -2.67. The standard InChI is InChI=1S/C21H18N2O5S/c24-13-5-1-11(2-6-13)16-9-15(26)10-17(12-3-7-14(25)8-4-12)21(16)18(27)22-20(29)23-19(21)28/h1-8,16-17,24-25H,9-10H2,(H2,22,23,27,28,29). The molecule has 2 amide bonds. The topological polar surface area (TPSA) is 116 Å². The highest BCUT2D eigenvalue weighted by Gasteiger charge is 2.62. The number of nitrogens with one attached hydrogen (secondary N) is 2. The molecule has 1 aliphatic carbocycles. The molecule has 2 aromatic rings. The molecular weight excluding hydrogens is 392 g/mol. The van der Waals surface area contributed by atoms with E-state index in [0.29, 0.717) is 11.1 Å². The van der Waals surface area contributed by atoms with Gasteiger partial charge in [-0.25, -0.2) is 0 Å². The van der Waals surface area contributed by atoms with Crippen molar-refractivity contribution in [1.82, 2.24) is 10.6 Å². The van der Waals surface area contributed by atoms with Crippen molar-refractivity contribution in [2.75, 3.05) is 0 Å². The molecule has 2 atom stereocenters. The van der Waals surface area contributed by atoms with E-state index in [1.807, 2.05) is 0 Å². The maximum atomic E-state index is 13.3. The summed E-state index contributed by atoms with van der Waals surface area (Å²) in [5.41, 5.74) is -0.417. The predicted molar refractivity (Wildman–Crippen MR) is 107 cm³/mol. The van der Waals surface area contributed by atoms with Gasteiger partial charge in [0.25, 0.3) is 0 Å². The van der Waals surface area contributed by atoms with Crippen molar-refractivity contribution in [2.45, 2.75) is 24.7 Å². The molecule has 148 valence electrons. The quantitative estimate of drug-likeness (QED) is 0.444. The van der Waals surface area contributed by atoms with Gasteiger partial charge >= 0.3 is 0 Å². The van der Waals surface area contributed by atoms with E-state index in [1.165, 1.54) is 24.3 Å². The molecule has 1 heterocycles. The Hall–Kier alpha value is -3.26. The zero-order valence-corrected chi connectivity index (χ0v) is 16.0. The molecule has 1 saturated heterocycles. The lowest BCUT2D eigenvalue weighted by atomic mass is 9.54. The van der Waals surface area contributed by atoms with Crippen molar-refractivity contribution in [2.24, 2.45) is 5.41 Å². The summed E-state index contributed by atoms with van der Waals surface area (Å²) in [5.74, 6) is -2.61. The Balaban J connectivity index is 1.93. The van der Waals surface area contributed by atoms with Crippen molar-refractivity contribution in [3.8, 4) is 11.5 Å². The van der Waals surface area contributed by atoms with E-state index in [9.17, 15) is 24.6 Å². The number of Topliss-reactive ketones (excluding diaryl/α,β-unsaturated/α-hetero) is 1. The van der Waals surface area contributed by atoms with Crippen LogP contribution in [0.5, 0.6) is 11.5 Å². The SMILES string of the molecule is O=C1CC(c2ccc(O)cc2)C2(C(=O)NC(=S)NC2=O)C(c2ccc(O)cc2)C1. The third-order valence-electron chi connectivity index (χ3n) is 5.76. The van der Waals surface area contributed by atoms with Crippen molar-refractivity contribution >= 4 is 34.9 Å². The van der Waals surface area contributed by atoms with E-state index < -0.39 is 29.1 Å². The fourth-order valence-electron chi connectivity index (χ4n) is 4.46. The molecule has 1 saturated carbocycles. The molecule has 0 aromatic heterocycles. The summed E-state index contributed by atoms with van der Waals surface area (Å²) in [5, 5.41) is 24.3. The summed E-state index contributed by atoms with van der Waals surface area (Å²) in [6, 6.07) is 12.3. The first-order chi connectivity index (χ1) is 13.8. The molecule has 7 nitrogen and oxygen atoms in total. The zero-order valence-electron chi connectivity index (χ0n) is 15.2. The first-order valence-electron chi connectivity index (χ1n) is 9.08. The van der Waals surface area contributed by atoms with Crippen LogP contribution >= 0.6 is 12.2 Å². The van der Waals surface area contributed by atoms with Crippen LogP contribution in [0.15, 0.2) is 48.5 Å². The Morgan fingerprint density at radius 3 is 1.52 bits per heavy atom. The number of carbonyl (C=O) groups is 3. The Morgan fingerprint density at radius 1 is 0.759 bits per heavy atom. The molecule has 2 unspecified atom stereocenters. The lowest BCUT2D eigenvalue weighted by molar-refractivity contribution is -0.150. The molecule has 2 aliphatic rings. The van der Waals surface area contributed by atoms with Gasteiger partial charge in [-0.15, -0.1) is 0 Å². The molecule has 2 fully saturated rings. The summed E-state index contributed by atoms with van der Waals surface area (Å²) in [7, 11) is 0. The second-order valence-electron chi connectivity index (χ2n) is 7.34.